The highest BCUT2D eigenvalue weighted by molar-refractivity contribution is 6.30. The normalized spacial score (nSPS) is 20.2. The fourth-order valence-electron chi connectivity index (χ4n) is 6.52. The van der Waals surface area contributed by atoms with Gasteiger partial charge in [-0.05, 0) is 68.1 Å². The van der Waals surface area contributed by atoms with Crippen molar-refractivity contribution >= 4 is 28.7 Å². The Bertz CT molecular complexity index is 1970. The zero-order chi connectivity index (χ0) is 30.5. The number of H-pyrrole nitrogens is 1. The van der Waals surface area contributed by atoms with E-state index in [9.17, 15) is 9.18 Å². The second-order valence-electron chi connectivity index (χ2n) is 11.8. The molecule has 0 bridgehead atoms. The number of likely N-dealkylation sites (tertiary alicyclic amines) is 1. The standard InChI is InChI=1S/C33H30ClFN6O4/c34-21-5-6-24(25(35)14-21)29-7-4-20-2-1-3-23(31(20)44-29)19-8-11-40(12-9-19)18-30-37-26-15-27(32-38-33(42)45-39-32)36-16-28(26)41(30)17-22-10-13-43-22/h1-7,14-16,19,22,29H,8-13,17-18H2,(H,38,39,42)/t22-,29+/m0/s1. The number of piperidine rings is 1. The molecule has 0 radical (unpaired) electrons. The van der Waals surface area contributed by atoms with Crippen LogP contribution in [-0.2, 0) is 17.8 Å². The van der Waals surface area contributed by atoms with Gasteiger partial charge in [0, 0.05) is 22.8 Å². The Hall–Kier alpha value is -4.32. The number of benzene rings is 2. The fourth-order valence-corrected chi connectivity index (χ4v) is 6.68. The lowest BCUT2D eigenvalue weighted by Gasteiger charge is -2.34. The van der Waals surface area contributed by atoms with Crippen LogP contribution in [-0.4, -0.2) is 55.4 Å². The summed E-state index contributed by atoms with van der Waals surface area (Å²) in [4.78, 5) is 26.0. The largest absolute Gasteiger partial charge is 0.481 e. The second-order valence-corrected chi connectivity index (χ2v) is 12.2. The van der Waals surface area contributed by atoms with E-state index in [0.29, 0.717) is 35.3 Å². The molecule has 0 amide bonds. The van der Waals surface area contributed by atoms with Crippen molar-refractivity contribution in [1.29, 1.82) is 0 Å². The number of hydrogen-bond acceptors (Lipinski definition) is 8. The summed E-state index contributed by atoms with van der Waals surface area (Å²) >= 11 is 5.98. The first-order chi connectivity index (χ1) is 22.0. The third-order valence-corrected chi connectivity index (χ3v) is 9.24. The first-order valence-corrected chi connectivity index (χ1v) is 15.5. The van der Waals surface area contributed by atoms with Gasteiger partial charge in [-0.2, -0.15) is 0 Å². The Morgan fingerprint density at radius 1 is 1.09 bits per heavy atom. The molecule has 12 heteroatoms. The highest BCUT2D eigenvalue weighted by Gasteiger charge is 2.29. The van der Waals surface area contributed by atoms with E-state index >= 15 is 0 Å². The van der Waals surface area contributed by atoms with Crippen molar-refractivity contribution in [2.24, 2.45) is 0 Å². The Balaban J connectivity index is 1.00. The third-order valence-electron chi connectivity index (χ3n) is 9.01. The summed E-state index contributed by atoms with van der Waals surface area (Å²) in [7, 11) is 0. The summed E-state index contributed by atoms with van der Waals surface area (Å²) in [5.74, 6) is 1.37. The molecule has 230 valence electrons. The molecule has 0 spiro atoms. The quantitative estimate of drug-likeness (QED) is 0.238. The summed E-state index contributed by atoms with van der Waals surface area (Å²) in [5, 5.41) is 4.13. The minimum atomic E-state index is -0.627. The topological polar surface area (TPSA) is 111 Å². The van der Waals surface area contributed by atoms with E-state index in [0.717, 1.165) is 72.7 Å². The van der Waals surface area contributed by atoms with Gasteiger partial charge in [0.05, 0.1) is 36.4 Å². The van der Waals surface area contributed by atoms with Crippen LogP contribution >= 0.6 is 11.6 Å². The number of rotatable bonds is 7. The van der Waals surface area contributed by atoms with Gasteiger partial charge in [-0.15, -0.1) is 0 Å². The molecule has 0 unspecified atom stereocenters. The summed E-state index contributed by atoms with van der Waals surface area (Å²) in [6, 6.07) is 12.8. The highest BCUT2D eigenvalue weighted by Crippen LogP contribution is 2.42. The van der Waals surface area contributed by atoms with Crippen LogP contribution < -0.4 is 10.5 Å². The van der Waals surface area contributed by atoms with Gasteiger partial charge in [0.15, 0.2) is 0 Å². The number of hydrogen-bond donors (Lipinski definition) is 1. The molecule has 45 heavy (non-hydrogen) atoms. The lowest BCUT2D eigenvalue weighted by molar-refractivity contribution is -0.0592. The Labute approximate surface area is 262 Å². The van der Waals surface area contributed by atoms with Crippen LogP contribution in [0.5, 0.6) is 5.75 Å². The molecule has 0 saturated carbocycles. The van der Waals surface area contributed by atoms with Crippen LogP contribution in [0.25, 0.3) is 28.6 Å². The number of para-hydroxylation sites is 1. The molecule has 3 aromatic heterocycles. The van der Waals surface area contributed by atoms with E-state index in [-0.39, 0.29) is 17.7 Å². The summed E-state index contributed by atoms with van der Waals surface area (Å²) < 4.78 is 33.8. The monoisotopic (exact) mass is 628 g/mol. The van der Waals surface area contributed by atoms with E-state index in [2.05, 4.69) is 41.2 Å². The molecular formula is C33H30ClFN6O4. The van der Waals surface area contributed by atoms with Gasteiger partial charge in [0.1, 0.15) is 29.2 Å². The maximum atomic E-state index is 14.7. The number of nitrogens with one attached hydrogen (secondary N) is 1. The Morgan fingerprint density at radius 3 is 2.71 bits per heavy atom. The maximum absolute atomic E-state index is 14.7. The lowest BCUT2D eigenvalue weighted by Crippen LogP contribution is -2.35. The summed E-state index contributed by atoms with van der Waals surface area (Å²) in [6.45, 7) is 3.97. The highest BCUT2D eigenvalue weighted by atomic mass is 35.5. The van der Waals surface area contributed by atoms with E-state index in [1.54, 1.807) is 18.3 Å². The van der Waals surface area contributed by atoms with Crippen molar-refractivity contribution in [2.45, 2.75) is 50.5 Å². The van der Waals surface area contributed by atoms with Gasteiger partial charge in [0.2, 0.25) is 5.82 Å². The number of ether oxygens (including phenoxy) is 2. The number of aromatic amines is 1. The van der Waals surface area contributed by atoms with Gasteiger partial charge >= 0.3 is 5.76 Å². The van der Waals surface area contributed by atoms with Crippen LogP contribution in [0.4, 0.5) is 4.39 Å². The second kappa shape index (κ2) is 11.6. The van der Waals surface area contributed by atoms with Crippen molar-refractivity contribution < 1.29 is 18.4 Å². The first-order valence-electron chi connectivity index (χ1n) is 15.2. The molecule has 2 saturated heterocycles. The summed E-state index contributed by atoms with van der Waals surface area (Å²) in [5.41, 5.74) is 4.83. The number of halogens is 2. The van der Waals surface area contributed by atoms with Crippen LogP contribution in [0.1, 0.15) is 53.8 Å². The predicted molar refractivity (Wildman–Crippen MR) is 166 cm³/mol. The van der Waals surface area contributed by atoms with E-state index in [4.69, 9.17) is 26.1 Å². The average Bonchev–Trinajstić information content (AvgIpc) is 3.61. The van der Waals surface area contributed by atoms with Crippen molar-refractivity contribution in [2.75, 3.05) is 19.7 Å². The van der Waals surface area contributed by atoms with Crippen molar-refractivity contribution in [1.82, 2.24) is 29.6 Å². The Kier molecular flexibility index (Phi) is 7.23. The van der Waals surface area contributed by atoms with Crippen LogP contribution in [0.2, 0.25) is 5.02 Å². The van der Waals surface area contributed by atoms with Crippen LogP contribution in [0, 0.1) is 5.82 Å². The maximum Gasteiger partial charge on any atom is 0.439 e. The van der Waals surface area contributed by atoms with E-state index in [1.165, 1.54) is 6.07 Å². The fraction of sp³-hybridized carbons (Fsp3) is 0.333. The van der Waals surface area contributed by atoms with Gasteiger partial charge in [0.25, 0.3) is 0 Å². The number of aromatic nitrogens is 5. The molecule has 2 atom stereocenters. The molecule has 8 rings (SSSR count). The molecule has 6 heterocycles. The van der Waals surface area contributed by atoms with Gasteiger partial charge < -0.3 is 14.0 Å². The first kappa shape index (κ1) is 28.2. The van der Waals surface area contributed by atoms with Crippen LogP contribution in [0.15, 0.2) is 64.1 Å². The minimum absolute atomic E-state index is 0.155. The molecule has 2 aromatic carbocycles. The van der Waals surface area contributed by atoms with Gasteiger partial charge in [-0.1, -0.05) is 47.1 Å². The molecule has 2 fully saturated rings. The van der Waals surface area contributed by atoms with Crippen molar-refractivity contribution in [3.05, 3.63) is 98.6 Å². The smallest absolute Gasteiger partial charge is 0.439 e. The number of nitrogens with zero attached hydrogens (tertiary/aromatic N) is 5. The summed E-state index contributed by atoms with van der Waals surface area (Å²) in [6.07, 6.45) is 8.26. The van der Waals surface area contributed by atoms with Crippen molar-refractivity contribution in [3.8, 4) is 17.3 Å². The molecule has 5 aromatic rings. The molecular weight excluding hydrogens is 599 g/mol. The van der Waals surface area contributed by atoms with E-state index < -0.39 is 11.9 Å². The number of imidazole rings is 1. The van der Waals surface area contributed by atoms with Crippen molar-refractivity contribution in [3.63, 3.8) is 0 Å². The zero-order valence-corrected chi connectivity index (χ0v) is 25.0. The predicted octanol–water partition coefficient (Wildman–Crippen LogP) is 5.88. The molecule has 3 aliphatic heterocycles. The molecule has 3 aliphatic rings. The van der Waals surface area contributed by atoms with Crippen LogP contribution in [0.3, 0.4) is 0 Å². The third kappa shape index (κ3) is 5.45. The molecule has 0 aliphatic carbocycles. The number of fused-ring (bicyclic) bond motifs is 2. The minimum Gasteiger partial charge on any atom is -0.481 e. The SMILES string of the molecule is O=c1[nH]c(-c2cc3nc(CN4CCC(c5cccc6c5O[C@@H](c5ccc(Cl)cc5F)C=C6)CC4)n(C[C@@H]4CCO4)c3cn2)no1. The zero-order valence-electron chi connectivity index (χ0n) is 24.3. The average molecular weight is 629 g/mol. The number of pyridine rings is 1. The molecule has 1 N–H and O–H groups in total. The molecule has 10 nitrogen and oxygen atoms in total. The Morgan fingerprint density at radius 2 is 1.96 bits per heavy atom. The van der Waals surface area contributed by atoms with Gasteiger partial charge in [-0.25, -0.2) is 14.2 Å². The lowest BCUT2D eigenvalue weighted by atomic mass is 9.87. The van der Waals surface area contributed by atoms with Gasteiger partial charge in [-0.3, -0.25) is 19.4 Å². The van der Waals surface area contributed by atoms with E-state index in [1.807, 2.05) is 24.3 Å².